The first-order chi connectivity index (χ1) is 14.4. The fraction of sp³-hybridized carbons (Fsp3) is 0.238. The molecule has 2 amide bonds. The Morgan fingerprint density at radius 3 is 2.40 bits per heavy atom. The molecule has 2 aromatic carbocycles. The molecule has 0 aliphatic heterocycles. The number of hydrogen-bond donors (Lipinski definition) is 1. The Bertz CT molecular complexity index is 1020. The molecule has 0 radical (unpaired) electrons. The molecule has 1 heterocycles. The molecule has 1 aromatic heterocycles. The fourth-order valence-electron chi connectivity index (χ4n) is 2.82. The van der Waals surface area contributed by atoms with Gasteiger partial charge < -0.3 is 10.2 Å². The molecule has 0 bridgehead atoms. The molecule has 3 rings (SSSR count). The zero-order valence-corrected chi connectivity index (χ0v) is 18.4. The summed E-state index contributed by atoms with van der Waals surface area (Å²) in [6.45, 7) is 1.66. The van der Waals surface area contributed by atoms with Crippen molar-refractivity contribution < 1.29 is 9.59 Å². The van der Waals surface area contributed by atoms with E-state index >= 15 is 0 Å². The molecule has 30 heavy (non-hydrogen) atoms. The molecule has 1 unspecified atom stereocenters. The van der Waals surface area contributed by atoms with Crippen LogP contribution in [0.15, 0.2) is 59.8 Å². The maximum atomic E-state index is 12.3. The van der Waals surface area contributed by atoms with Gasteiger partial charge in [0.1, 0.15) is 6.04 Å². The molecular formula is C21H22ClN5O2S. The van der Waals surface area contributed by atoms with Gasteiger partial charge in [0.25, 0.3) is 0 Å². The number of nitrogens with one attached hydrogen (secondary N) is 1. The molecule has 156 valence electrons. The lowest BCUT2D eigenvalue weighted by Crippen LogP contribution is -2.44. The molecule has 9 heteroatoms. The van der Waals surface area contributed by atoms with Gasteiger partial charge >= 0.3 is 0 Å². The number of halogens is 1. The fourth-order valence-corrected chi connectivity index (χ4v) is 3.71. The minimum Gasteiger partial charge on any atom is -0.347 e. The largest absolute Gasteiger partial charge is 0.347 e. The number of carbonyl (C=O) groups excluding carboxylic acids is 2. The molecule has 3 aromatic rings. The second kappa shape index (κ2) is 9.77. The van der Waals surface area contributed by atoms with E-state index in [9.17, 15) is 9.59 Å². The summed E-state index contributed by atoms with van der Waals surface area (Å²) in [6.07, 6.45) is 0. The first-order valence-electron chi connectivity index (χ1n) is 9.27. The number of rotatable bonds is 7. The standard InChI is InChI=1S/C21H22ClN5O2S/c1-14(20(29)26(2)3)23-18(28)13-30-21-25-24-19(15-7-5-4-6-8-15)27(21)17-11-9-16(22)10-12-17/h4-12,14H,13H2,1-3H3,(H,23,28). The maximum Gasteiger partial charge on any atom is 0.244 e. The molecule has 7 nitrogen and oxygen atoms in total. The van der Waals surface area contributed by atoms with E-state index in [1.807, 2.05) is 47.0 Å². The zero-order valence-electron chi connectivity index (χ0n) is 16.9. The average Bonchev–Trinajstić information content (AvgIpc) is 3.16. The maximum absolute atomic E-state index is 12.3. The van der Waals surface area contributed by atoms with Gasteiger partial charge in [0, 0.05) is 30.4 Å². The third kappa shape index (κ3) is 5.20. The van der Waals surface area contributed by atoms with E-state index in [0.717, 1.165) is 11.3 Å². The van der Waals surface area contributed by atoms with Crippen LogP contribution in [0.3, 0.4) is 0 Å². The number of aromatic nitrogens is 3. The predicted octanol–water partition coefficient (Wildman–Crippen LogP) is 3.27. The topological polar surface area (TPSA) is 80.1 Å². The van der Waals surface area contributed by atoms with Crippen molar-refractivity contribution in [3.63, 3.8) is 0 Å². The molecule has 0 fully saturated rings. The van der Waals surface area contributed by atoms with Crippen LogP contribution in [0.5, 0.6) is 0 Å². The van der Waals surface area contributed by atoms with E-state index in [0.29, 0.717) is 16.0 Å². The first-order valence-corrected chi connectivity index (χ1v) is 10.6. The predicted molar refractivity (Wildman–Crippen MR) is 119 cm³/mol. The van der Waals surface area contributed by atoms with E-state index in [1.165, 1.54) is 16.7 Å². The van der Waals surface area contributed by atoms with E-state index < -0.39 is 6.04 Å². The van der Waals surface area contributed by atoms with Gasteiger partial charge in [0.15, 0.2) is 11.0 Å². The van der Waals surface area contributed by atoms with Crippen LogP contribution in [0.2, 0.25) is 5.02 Å². The van der Waals surface area contributed by atoms with Gasteiger partial charge in [-0.25, -0.2) is 0 Å². The Morgan fingerprint density at radius 2 is 1.77 bits per heavy atom. The smallest absolute Gasteiger partial charge is 0.244 e. The quantitative estimate of drug-likeness (QED) is 0.567. The van der Waals surface area contributed by atoms with Crippen molar-refractivity contribution in [2.24, 2.45) is 0 Å². The molecule has 1 N–H and O–H groups in total. The summed E-state index contributed by atoms with van der Waals surface area (Å²) in [5, 5.41) is 12.5. The first kappa shape index (κ1) is 21.9. The molecular weight excluding hydrogens is 422 g/mol. The zero-order chi connectivity index (χ0) is 21.7. The second-order valence-corrected chi connectivity index (χ2v) is 8.17. The summed E-state index contributed by atoms with van der Waals surface area (Å²) in [6, 6.07) is 16.4. The van der Waals surface area contributed by atoms with Gasteiger partial charge in [-0.15, -0.1) is 10.2 Å². The summed E-state index contributed by atoms with van der Waals surface area (Å²) < 4.78 is 1.89. The van der Waals surface area contributed by atoms with Crippen molar-refractivity contribution in [2.45, 2.75) is 18.1 Å². The number of thioether (sulfide) groups is 1. The third-order valence-corrected chi connectivity index (χ3v) is 5.45. The summed E-state index contributed by atoms with van der Waals surface area (Å²) in [7, 11) is 3.30. The monoisotopic (exact) mass is 443 g/mol. The Hall–Kier alpha value is -2.84. The Balaban J connectivity index is 1.83. The van der Waals surface area contributed by atoms with Gasteiger partial charge in [-0.3, -0.25) is 14.2 Å². The minimum absolute atomic E-state index is 0.103. The van der Waals surface area contributed by atoms with Gasteiger partial charge in [-0.05, 0) is 31.2 Å². The minimum atomic E-state index is -0.595. The molecule has 1 atom stereocenters. The summed E-state index contributed by atoms with van der Waals surface area (Å²) in [4.78, 5) is 25.7. The number of hydrogen-bond acceptors (Lipinski definition) is 5. The third-order valence-electron chi connectivity index (χ3n) is 4.27. The van der Waals surface area contributed by atoms with Crippen LogP contribution in [0, 0.1) is 0 Å². The lowest BCUT2D eigenvalue weighted by molar-refractivity contribution is -0.133. The van der Waals surface area contributed by atoms with Crippen LogP contribution in [-0.4, -0.2) is 57.4 Å². The lowest BCUT2D eigenvalue weighted by atomic mass is 10.2. The number of benzene rings is 2. The number of nitrogens with zero attached hydrogens (tertiary/aromatic N) is 4. The number of carbonyl (C=O) groups is 2. The summed E-state index contributed by atoms with van der Waals surface area (Å²) >= 11 is 7.29. The molecule has 0 aliphatic rings. The number of amides is 2. The normalized spacial score (nSPS) is 11.7. The van der Waals surface area contributed by atoms with Crippen molar-refractivity contribution in [1.82, 2.24) is 25.0 Å². The Labute approximate surface area is 184 Å². The molecule has 0 spiro atoms. The van der Waals surface area contributed by atoms with Crippen molar-refractivity contribution >= 4 is 35.2 Å². The highest BCUT2D eigenvalue weighted by Crippen LogP contribution is 2.28. The molecule has 0 saturated carbocycles. The highest BCUT2D eigenvalue weighted by Gasteiger charge is 2.20. The van der Waals surface area contributed by atoms with Crippen LogP contribution in [0.25, 0.3) is 17.1 Å². The molecule has 0 saturated heterocycles. The summed E-state index contributed by atoms with van der Waals surface area (Å²) in [5.74, 6) is 0.349. The van der Waals surface area contributed by atoms with Crippen molar-refractivity contribution in [1.29, 1.82) is 0 Å². The van der Waals surface area contributed by atoms with Crippen molar-refractivity contribution in [3.05, 3.63) is 59.6 Å². The molecule has 0 aliphatic carbocycles. The van der Waals surface area contributed by atoms with Crippen molar-refractivity contribution in [2.75, 3.05) is 19.8 Å². The van der Waals surface area contributed by atoms with Crippen LogP contribution in [0.4, 0.5) is 0 Å². The van der Waals surface area contributed by atoms with Crippen LogP contribution >= 0.6 is 23.4 Å². The van der Waals surface area contributed by atoms with E-state index in [-0.39, 0.29) is 17.6 Å². The summed E-state index contributed by atoms with van der Waals surface area (Å²) in [5.41, 5.74) is 1.74. The van der Waals surface area contributed by atoms with Gasteiger partial charge in [0.2, 0.25) is 11.8 Å². The average molecular weight is 444 g/mol. The SMILES string of the molecule is CC(NC(=O)CSc1nnc(-c2ccccc2)n1-c1ccc(Cl)cc1)C(=O)N(C)C. The Kier molecular flexibility index (Phi) is 7.12. The van der Waals surface area contributed by atoms with Crippen LogP contribution < -0.4 is 5.32 Å². The van der Waals surface area contributed by atoms with Crippen molar-refractivity contribution in [3.8, 4) is 17.1 Å². The van der Waals surface area contributed by atoms with Gasteiger partial charge in [-0.1, -0.05) is 53.7 Å². The second-order valence-electron chi connectivity index (χ2n) is 6.79. The van der Waals surface area contributed by atoms with Crippen LogP contribution in [0.1, 0.15) is 6.92 Å². The van der Waals surface area contributed by atoms with E-state index in [1.54, 1.807) is 33.2 Å². The van der Waals surface area contributed by atoms with Crippen LogP contribution in [-0.2, 0) is 9.59 Å². The lowest BCUT2D eigenvalue weighted by Gasteiger charge is -2.17. The van der Waals surface area contributed by atoms with E-state index in [4.69, 9.17) is 11.6 Å². The van der Waals surface area contributed by atoms with E-state index in [2.05, 4.69) is 15.5 Å². The Morgan fingerprint density at radius 1 is 1.10 bits per heavy atom. The highest BCUT2D eigenvalue weighted by molar-refractivity contribution is 7.99. The number of likely N-dealkylation sites (N-methyl/N-ethyl adjacent to an activating group) is 1. The van der Waals surface area contributed by atoms with Gasteiger partial charge in [-0.2, -0.15) is 0 Å². The van der Waals surface area contributed by atoms with Gasteiger partial charge in [0.05, 0.1) is 5.75 Å². The highest BCUT2D eigenvalue weighted by atomic mass is 35.5.